The molecule has 0 radical (unpaired) electrons. The summed E-state index contributed by atoms with van der Waals surface area (Å²) < 4.78 is 4.92. The minimum absolute atomic E-state index is 0.0173. The van der Waals surface area contributed by atoms with Crippen molar-refractivity contribution in [3.8, 4) is 5.75 Å². The first-order valence-corrected chi connectivity index (χ1v) is 14.3. The molecule has 2 saturated carbocycles. The molecule has 3 aliphatic rings. The number of likely N-dealkylation sites (N-methyl/N-ethyl adjacent to an activating group) is 1. The van der Waals surface area contributed by atoms with Crippen LogP contribution in [0.5, 0.6) is 5.75 Å². The number of nitrogens with zero attached hydrogens (tertiary/aromatic N) is 2. The predicted octanol–water partition coefficient (Wildman–Crippen LogP) is -0.224. The number of fused-ring (bicyclic) bond motifs is 3. The van der Waals surface area contributed by atoms with E-state index in [1.807, 2.05) is 0 Å². The van der Waals surface area contributed by atoms with E-state index in [9.17, 15) is 44.1 Å². The molecule has 1 aromatic carbocycles. The molecule has 14 nitrogen and oxygen atoms in total. The Morgan fingerprint density at radius 3 is 2.47 bits per heavy atom. The highest BCUT2D eigenvalue weighted by Crippen LogP contribution is 2.55. The number of esters is 1. The summed E-state index contributed by atoms with van der Waals surface area (Å²) in [5.41, 5.74) is 2.33. The first-order valence-electron chi connectivity index (χ1n) is 13.5. The highest BCUT2D eigenvalue weighted by Gasteiger charge is 2.72. The minimum atomic E-state index is -3.08. The maximum absolute atomic E-state index is 14.1. The van der Waals surface area contributed by atoms with Gasteiger partial charge in [-0.2, -0.15) is 0 Å². The lowest BCUT2D eigenvalue weighted by atomic mass is 9.49. The van der Waals surface area contributed by atoms with Crippen LogP contribution in [-0.2, 0) is 23.9 Å². The fourth-order valence-corrected chi connectivity index (χ4v) is 7.53. The number of nitrogens with one attached hydrogen (secondary N) is 1. The van der Waals surface area contributed by atoms with Crippen LogP contribution in [0.3, 0.4) is 0 Å². The monoisotopic (exact) mass is 614 g/mol. The maximum atomic E-state index is 14.1. The number of carbonyl (C=O) groups is 6. The number of amides is 1. The maximum Gasteiger partial charge on any atom is 0.357 e. The average Bonchev–Trinajstić information content (AvgIpc) is 3.40. The van der Waals surface area contributed by atoms with E-state index in [1.165, 1.54) is 36.5 Å². The second kappa shape index (κ2) is 10.6. The van der Waals surface area contributed by atoms with E-state index in [4.69, 9.17) is 10.5 Å². The van der Waals surface area contributed by atoms with E-state index in [1.54, 1.807) is 13.8 Å². The van der Waals surface area contributed by atoms with Crippen molar-refractivity contribution in [2.45, 2.75) is 37.5 Å². The lowest BCUT2D eigenvalue weighted by Gasteiger charge is -2.56. The summed E-state index contributed by atoms with van der Waals surface area (Å²) >= 11 is 1.04. The number of Topliss-reactive ketones (excluding diaryl/α,β-unsaturated/α-hetero) is 4. The van der Waals surface area contributed by atoms with Crippen LogP contribution in [0.4, 0.5) is 10.8 Å². The summed E-state index contributed by atoms with van der Waals surface area (Å²) in [4.78, 5) is 84.3. The fraction of sp³-hybridized carbons (Fsp3) is 0.464. The summed E-state index contributed by atoms with van der Waals surface area (Å²) in [5, 5.41) is 39.1. The van der Waals surface area contributed by atoms with Gasteiger partial charge in [-0.15, -0.1) is 11.3 Å². The number of carbonyl (C=O) groups excluding carboxylic acids is 6. The van der Waals surface area contributed by atoms with Crippen LogP contribution in [0.15, 0.2) is 17.5 Å². The van der Waals surface area contributed by atoms with Gasteiger partial charge in [-0.05, 0) is 38.6 Å². The highest BCUT2D eigenvalue weighted by atomic mass is 32.1. The van der Waals surface area contributed by atoms with Gasteiger partial charge in [0.2, 0.25) is 5.91 Å². The molecular formula is C28H30N4O10S. The van der Waals surface area contributed by atoms with Crippen molar-refractivity contribution in [3.05, 3.63) is 34.3 Å². The Morgan fingerprint density at radius 1 is 1.19 bits per heavy atom. The van der Waals surface area contributed by atoms with Crippen LogP contribution in [0.1, 0.15) is 46.2 Å². The Labute approximate surface area is 248 Å². The molecule has 0 bridgehead atoms. The number of aliphatic hydroxyl groups is 2. The number of rotatable bonds is 6. The van der Waals surface area contributed by atoms with Crippen LogP contribution < -0.4 is 11.1 Å². The summed E-state index contributed by atoms with van der Waals surface area (Å²) in [6.07, 6.45) is -1.72. The van der Waals surface area contributed by atoms with E-state index in [-0.39, 0.29) is 28.7 Å². The Hall–Kier alpha value is -4.05. The molecule has 8 atom stereocenters. The predicted molar refractivity (Wildman–Crippen MR) is 149 cm³/mol. The first-order chi connectivity index (χ1) is 20.2. The largest absolute Gasteiger partial charge is 0.505 e. The van der Waals surface area contributed by atoms with Gasteiger partial charge in [-0.3, -0.25) is 28.9 Å². The van der Waals surface area contributed by atoms with Crippen LogP contribution in [0.25, 0.3) is 0 Å². The third-order valence-electron chi connectivity index (χ3n) is 8.72. The SMILES string of the molecule is CCOC(=O)c1csc(Nc2ccc3c(c2O)C(=O)C2C(=O)[C@]4(O)C(=O)C(C(N)=O)C(=O)[C@@H](N(C)C)[C@@H]4[C@@H](O)[C@@H]2[C@H]3C)n1. The van der Waals surface area contributed by atoms with Gasteiger partial charge < -0.3 is 31.1 Å². The third-order valence-corrected chi connectivity index (χ3v) is 9.48. The number of aromatic nitrogens is 1. The average molecular weight is 615 g/mol. The Morgan fingerprint density at radius 2 is 1.86 bits per heavy atom. The molecule has 5 rings (SSSR count). The standard InChI is InChI=1S/C28H30N4O10S/c1-5-42-26(40)12-8-43-27(31-12)30-11-7-6-10-9(2)13-15(20(34)14(10)19(11)33)23(37)28(41)17(21(13)35)18(32(3)4)22(36)16(24(28)38)25(29)39/h6-9,13,15-18,21,33,35,41H,5H2,1-4H3,(H2,29,39)(H,30,31)/t9-,13+,15?,16?,17+,18-,21-,28-/m0/s1. The Bertz CT molecular complexity index is 1590. The van der Waals surface area contributed by atoms with Gasteiger partial charge in [-0.1, -0.05) is 13.0 Å². The zero-order valence-corrected chi connectivity index (χ0v) is 24.4. The molecule has 0 saturated heterocycles. The number of primary amides is 1. The number of anilines is 2. The molecule has 6 N–H and O–H groups in total. The molecule has 2 fully saturated rings. The molecule has 2 unspecified atom stereocenters. The summed E-state index contributed by atoms with van der Waals surface area (Å²) in [6.45, 7) is 3.41. The summed E-state index contributed by atoms with van der Waals surface area (Å²) in [6, 6.07) is 1.55. The van der Waals surface area contributed by atoms with Gasteiger partial charge in [0, 0.05) is 11.3 Å². The topological polar surface area (TPSA) is 227 Å². The quantitative estimate of drug-likeness (QED) is 0.161. The number of phenols is 1. The van der Waals surface area contributed by atoms with Gasteiger partial charge in [0.15, 0.2) is 45.5 Å². The van der Waals surface area contributed by atoms with Crippen LogP contribution >= 0.6 is 11.3 Å². The molecule has 1 heterocycles. The van der Waals surface area contributed by atoms with Gasteiger partial charge in [0.25, 0.3) is 0 Å². The second-order valence-corrected chi connectivity index (χ2v) is 12.0. The third kappa shape index (κ3) is 4.29. The number of hydrogen-bond acceptors (Lipinski definition) is 14. The number of phenolic OH excluding ortho intramolecular Hbond substituents is 1. The van der Waals surface area contributed by atoms with E-state index < -0.39 is 88.1 Å². The molecule has 1 amide bonds. The van der Waals surface area contributed by atoms with Crippen LogP contribution in [-0.4, -0.2) is 98.7 Å². The molecular weight excluding hydrogens is 584 g/mol. The Balaban J connectivity index is 1.58. The molecule has 2 aromatic rings. The van der Waals surface area contributed by atoms with Crippen molar-refractivity contribution >= 4 is 57.2 Å². The number of benzene rings is 1. The molecule has 15 heteroatoms. The van der Waals surface area contributed by atoms with E-state index in [2.05, 4.69) is 10.3 Å². The van der Waals surface area contributed by atoms with Crippen molar-refractivity contribution in [2.75, 3.05) is 26.0 Å². The van der Waals surface area contributed by atoms with Gasteiger partial charge in [0.05, 0.1) is 41.8 Å². The van der Waals surface area contributed by atoms with Crippen molar-refractivity contribution < 1.29 is 48.8 Å². The number of aliphatic hydroxyl groups excluding tert-OH is 1. The Kier molecular flexibility index (Phi) is 7.49. The van der Waals surface area contributed by atoms with Crippen molar-refractivity contribution in [1.29, 1.82) is 0 Å². The van der Waals surface area contributed by atoms with E-state index in [0.29, 0.717) is 5.56 Å². The van der Waals surface area contributed by atoms with Gasteiger partial charge in [0.1, 0.15) is 5.75 Å². The highest BCUT2D eigenvalue weighted by molar-refractivity contribution is 7.14. The van der Waals surface area contributed by atoms with Crippen molar-refractivity contribution in [3.63, 3.8) is 0 Å². The van der Waals surface area contributed by atoms with Crippen LogP contribution in [0.2, 0.25) is 0 Å². The lowest BCUT2D eigenvalue weighted by molar-refractivity contribution is -0.196. The minimum Gasteiger partial charge on any atom is -0.505 e. The summed E-state index contributed by atoms with van der Waals surface area (Å²) in [7, 11) is 2.85. The molecule has 0 aliphatic heterocycles. The number of hydrogen-bond donors (Lipinski definition) is 5. The molecule has 0 spiro atoms. The number of thiazole rings is 1. The molecule has 1 aromatic heterocycles. The van der Waals surface area contributed by atoms with Crippen molar-refractivity contribution in [1.82, 2.24) is 9.88 Å². The summed E-state index contributed by atoms with van der Waals surface area (Å²) in [5.74, 6) is -14.8. The molecule has 3 aliphatic carbocycles. The normalized spacial score (nSPS) is 31.7. The lowest BCUT2D eigenvalue weighted by Crippen LogP contribution is -2.77. The molecule has 43 heavy (non-hydrogen) atoms. The fourth-order valence-electron chi connectivity index (χ4n) is 6.84. The van der Waals surface area contributed by atoms with E-state index >= 15 is 0 Å². The van der Waals surface area contributed by atoms with Crippen molar-refractivity contribution in [2.24, 2.45) is 29.4 Å². The zero-order chi connectivity index (χ0) is 31.7. The van der Waals surface area contributed by atoms with Gasteiger partial charge >= 0.3 is 5.97 Å². The van der Waals surface area contributed by atoms with Gasteiger partial charge in [-0.25, -0.2) is 9.78 Å². The smallest absolute Gasteiger partial charge is 0.357 e. The zero-order valence-electron chi connectivity index (χ0n) is 23.6. The number of aromatic hydroxyl groups is 1. The number of ether oxygens (including phenoxy) is 1. The molecule has 228 valence electrons. The second-order valence-electron chi connectivity index (χ2n) is 11.2. The number of ketones is 4. The van der Waals surface area contributed by atoms with E-state index in [0.717, 1.165) is 11.3 Å². The first kappa shape index (κ1) is 30.4. The number of nitrogens with two attached hydrogens (primary N) is 1. The van der Waals surface area contributed by atoms with Crippen LogP contribution in [0, 0.1) is 23.7 Å².